The standard InChI is InChI=1S/C35H45N5/c1-7-9-11-13-15-28-19-29(16-14-12-10-8-2)21-30(20-28)33-38-34(31-26(5)17-24(3)22-36-31)40-35(39-33)32-27(6)18-25(4)23-37-32/h17-23H,7-16H2,1-6H3. The van der Waals surface area contributed by atoms with Crippen molar-refractivity contribution in [3.63, 3.8) is 0 Å². The highest BCUT2D eigenvalue weighted by Crippen LogP contribution is 2.28. The van der Waals surface area contributed by atoms with E-state index in [2.05, 4.69) is 71.9 Å². The second-order valence-electron chi connectivity index (χ2n) is 11.3. The fourth-order valence-corrected chi connectivity index (χ4v) is 5.31. The Bertz CT molecular complexity index is 1330. The Hall–Kier alpha value is -3.47. The van der Waals surface area contributed by atoms with Crippen LogP contribution in [-0.2, 0) is 12.8 Å². The number of pyridine rings is 2. The van der Waals surface area contributed by atoms with Gasteiger partial charge in [-0.05, 0) is 98.9 Å². The van der Waals surface area contributed by atoms with Crippen molar-refractivity contribution in [2.75, 3.05) is 0 Å². The maximum atomic E-state index is 5.03. The van der Waals surface area contributed by atoms with E-state index in [1.165, 1.54) is 62.5 Å². The molecule has 0 fully saturated rings. The highest BCUT2D eigenvalue weighted by atomic mass is 15.1. The van der Waals surface area contributed by atoms with E-state index in [0.29, 0.717) is 17.5 Å². The number of unbranched alkanes of at least 4 members (excludes halogenated alkanes) is 6. The highest BCUT2D eigenvalue weighted by molar-refractivity contribution is 5.67. The molecule has 40 heavy (non-hydrogen) atoms. The van der Waals surface area contributed by atoms with Crippen LogP contribution in [0.5, 0.6) is 0 Å². The van der Waals surface area contributed by atoms with Crippen LogP contribution in [0.3, 0.4) is 0 Å². The van der Waals surface area contributed by atoms with Crippen molar-refractivity contribution in [1.82, 2.24) is 24.9 Å². The van der Waals surface area contributed by atoms with Gasteiger partial charge in [0.05, 0.1) is 0 Å². The largest absolute Gasteiger partial charge is 0.252 e. The van der Waals surface area contributed by atoms with E-state index in [9.17, 15) is 0 Å². The molecule has 4 aromatic rings. The average Bonchev–Trinajstić information content (AvgIpc) is 2.93. The fraction of sp³-hybridized carbons (Fsp3) is 0.457. The molecule has 3 heterocycles. The minimum atomic E-state index is 0.595. The van der Waals surface area contributed by atoms with Crippen LogP contribution in [0.25, 0.3) is 34.4 Å². The van der Waals surface area contributed by atoms with Crippen molar-refractivity contribution in [3.05, 3.63) is 76.1 Å². The molecule has 4 rings (SSSR count). The Morgan fingerprint density at radius 1 is 0.500 bits per heavy atom. The molecule has 0 saturated heterocycles. The van der Waals surface area contributed by atoms with E-state index in [1.54, 1.807) is 0 Å². The predicted octanol–water partition coefficient (Wildman–Crippen LogP) is 9.14. The Morgan fingerprint density at radius 3 is 1.38 bits per heavy atom. The Balaban J connectivity index is 1.82. The third kappa shape index (κ3) is 7.80. The summed E-state index contributed by atoms with van der Waals surface area (Å²) in [6, 6.07) is 11.2. The lowest BCUT2D eigenvalue weighted by Crippen LogP contribution is -2.05. The van der Waals surface area contributed by atoms with E-state index >= 15 is 0 Å². The summed E-state index contributed by atoms with van der Waals surface area (Å²) in [6.45, 7) is 12.8. The first-order chi connectivity index (χ1) is 19.4. The molecular weight excluding hydrogens is 490 g/mol. The molecule has 0 atom stereocenters. The summed E-state index contributed by atoms with van der Waals surface area (Å²) in [5.74, 6) is 1.88. The summed E-state index contributed by atoms with van der Waals surface area (Å²) in [4.78, 5) is 24.4. The Labute approximate surface area is 241 Å². The van der Waals surface area contributed by atoms with Gasteiger partial charge in [0, 0.05) is 18.0 Å². The van der Waals surface area contributed by atoms with Gasteiger partial charge in [-0.15, -0.1) is 0 Å². The zero-order valence-electron chi connectivity index (χ0n) is 25.3. The summed E-state index contributed by atoms with van der Waals surface area (Å²) in [5.41, 5.74) is 9.72. The number of hydrogen-bond acceptors (Lipinski definition) is 5. The molecule has 0 saturated carbocycles. The maximum Gasteiger partial charge on any atom is 0.182 e. The van der Waals surface area contributed by atoms with Gasteiger partial charge in [-0.1, -0.05) is 70.6 Å². The number of benzene rings is 1. The Kier molecular flexibility index (Phi) is 10.5. The zero-order chi connectivity index (χ0) is 28.5. The van der Waals surface area contributed by atoms with E-state index in [0.717, 1.165) is 52.0 Å². The van der Waals surface area contributed by atoms with Gasteiger partial charge in [-0.2, -0.15) is 0 Å². The van der Waals surface area contributed by atoms with Gasteiger partial charge in [0.25, 0.3) is 0 Å². The third-order valence-electron chi connectivity index (χ3n) is 7.44. The lowest BCUT2D eigenvalue weighted by atomic mass is 9.97. The SMILES string of the molecule is CCCCCCc1cc(CCCCCC)cc(-c2nc(-c3ncc(C)cc3C)nc(-c3ncc(C)cc3C)n2)c1. The summed E-state index contributed by atoms with van der Waals surface area (Å²) in [5, 5.41) is 0. The number of hydrogen-bond donors (Lipinski definition) is 0. The van der Waals surface area contributed by atoms with E-state index < -0.39 is 0 Å². The van der Waals surface area contributed by atoms with Crippen LogP contribution in [0.1, 0.15) is 98.6 Å². The lowest BCUT2D eigenvalue weighted by molar-refractivity contribution is 0.661. The van der Waals surface area contributed by atoms with Crippen molar-refractivity contribution in [2.45, 2.75) is 106 Å². The summed E-state index contributed by atoms with van der Waals surface area (Å²) < 4.78 is 0. The molecule has 0 aliphatic rings. The number of aryl methyl sites for hydroxylation is 6. The minimum absolute atomic E-state index is 0.595. The predicted molar refractivity (Wildman–Crippen MR) is 166 cm³/mol. The molecule has 5 heteroatoms. The molecule has 1 aromatic carbocycles. The topological polar surface area (TPSA) is 64.5 Å². The van der Waals surface area contributed by atoms with Crippen LogP contribution >= 0.6 is 0 Å². The van der Waals surface area contributed by atoms with Gasteiger partial charge in [0.2, 0.25) is 0 Å². The molecule has 0 amide bonds. The van der Waals surface area contributed by atoms with E-state index in [4.69, 9.17) is 24.9 Å². The minimum Gasteiger partial charge on any atom is -0.252 e. The molecule has 0 aliphatic carbocycles. The average molecular weight is 536 g/mol. The first-order valence-electron chi connectivity index (χ1n) is 15.1. The quantitative estimate of drug-likeness (QED) is 0.160. The lowest BCUT2D eigenvalue weighted by Gasteiger charge is -2.13. The molecule has 0 bridgehead atoms. The first kappa shape index (κ1) is 29.5. The van der Waals surface area contributed by atoms with Crippen LogP contribution in [-0.4, -0.2) is 24.9 Å². The smallest absolute Gasteiger partial charge is 0.182 e. The van der Waals surface area contributed by atoms with Gasteiger partial charge in [0.15, 0.2) is 17.5 Å². The number of nitrogens with zero attached hydrogens (tertiary/aromatic N) is 5. The van der Waals surface area contributed by atoms with Crippen molar-refractivity contribution >= 4 is 0 Å². The van der Waals surface area contributed by atoms with Gasteiger partial charge >= 0.3 is 0 Å². The second kappa shape index (κ2) is 14.2. The normalized spacial score (nSPS) is 11.2. The van der Waals surface area contributed by atoms with Crippen LogP contribution in [0, 0.1) is 27.7 Å². The summed E-state index contributed by atoms with van der Waals surface area (Å²) >= 11 is 0. The van der Waals surface area contributed by atoms with Gasteiger partial charge < -0.3 is 0 Å². The van der Waals surface area contributed by atoms with Gasteiger partial charge in [0.1, 0.15) is 11.4 Å². The zero-order valence-corrected chi connectivity index (χ0v) is 25.3. The van der Waals surface area contributed by atoms with Crippen LogP contribution < -0.4 is 0 Å². The number of rotatable bonds is 13. The Morgan fingerprint density at radius 2 is 0.950 bits per heavy atom. The van der Waals surface area contributed by atoms with Gasteiger partial charge in [-0.3, -0.25) is 9.97 Å². The molecule has 5 nitrogen and oxygen atoms in total. The van der Waals surface area contributed by atoms with Gasteiger partial charge in [-0.25, -0.2) is 15.0 Å². The molecule has 0 N–H and O–H groups in total. The van der Waals surface area contributed by atoms with Crippen molar-refractivity contribution in [3.8, 4) is 34.4 Å². The third-order valence-corrected chi connectivity index (χ3v) is 7.44. The first-order valence-corrected chi connectivity index (χ1v) is 15.1. The van der Waals surface area contributed by atoms with Crippen LogP contribution in [0.2, 0.25) is 0 Å². The molecule has 0 spiro atoms. The fourth-order valence-electron chi connectivity index (χ4n) is 5.31. The van der Waals surface area contributed by atoms with Crippen molar-refractivity contribution < 1.29 is 0 Å². The van der Waals surface area contributed by atoms with Crippen LogP contribution in [0.15, 0.2) is 42.7 Å². The highest BCUT2D eigenvalue weighted by Gasteiger charge is 2.17. The molecule has 0 aliphatic heterocycles. The molecule has 0 radical (unpaired) electrons. The van der Waals surface area contributed by atoms with Crippen molar-refractivity contribution in [2.24, 2.45) is 0 Å². The summed E-state index contributed by atoms with van der Waals surface area (Å²) in [7, 11) is 0. The molecule has 3 aromatic heterocycles. The summed E-state index contributed by atoms with van der Waals surface area (Å²) in [6.07, 6.45) is 15.9. The maximum absolute atomic E-state index is 5.03. The van der Waals surface area contributed by atoms with Crippen LogP contribution in [0.4, 0.5) is 0 Å². The van der Waals surface area contributed by atoms with Crippen molar-refractivity contribution in [1.29, 1.82) is 0 Å². The van der Waals surface area contributed by atoms with E-state index in [1.807, 2.05) is 12.4 Å². The number of aromatic nitrogens is 5. The second-order valence-corrected chi connectivity index (χ2v) is 11.3. The molecular formula is C35H45N5. The monoisotopic (exact) mass is 535 g/mol. The molecule has 210 valence electrons. The van der Waals surface area contributed by atoms with E-state index in [-0.39, 0.29) is 0 Å². The molecule has 0 unspecified atom stereocenters.